The highest BCUT2D eigenvalue weighted by Gasteiger charge is 2.18. The second kappa shape index (κ2) is 4.93. The Morgan fingerprint density at radius 2 is 2.14 bits per heavy atom. The van der Waals surface area contributed by atoms with E-state index in [0.717, 1.165) is 16.3 Å². The van der Waals surface area contributed by atoms with Gasteiger partial charge in [-0.2, -0.15) is 0 Å². The number of fused-ring (bicyclic) bond motifs is 3. The lowest BCUT2D eigenvalue weighted by atomic mass is 10.1. The number of aromatic nitrogens is 2. The van der Waals surface area contributed by atoms with Crippen LogP contribution in [0.2, 0.25) is 5.02 Å². The fourth-order valence-electron chi connectivity index (χ4n) is 2.46. The first-order valence-corrected chi connectivity index (χ1v) is 6.92. The van der Waals surface area contributed by atoms with Gasteiger partial charge in [0.25, 0.3) is 0 Å². The molecule has 3 aromatic rings. The number of aryl methyl sites for hydroxylation is 1. The Morgan fingerprint density at radius 3 is 2.86 bits per heavy atom. The van der Waals surface area contributed by atoms with Crippen LogP contribution in [0.4, 0.5) is 5.69 Å². The predicted molar refractivity (Wildman–Crippen MR) is 83.6 cm³/mol. The van der Waals surface area contributed by atoms with Crippen LogP contribution in [0.1, 0.15) is 17.4 Å². The summed E-state index contributed by atoms with van der Waals surface area (Å²) in [6, 6.07) is 7.35. The first-order valence-electron chi connectivity index (χ1n) is 6.54. The molecular weight excluding hydrogens is 290 g/mol. The Balaban J connectivity index is 2.33. The smallest absolute Gasteiger partial charge is 0.359 e. The molecule has 21 heavy (non-hydrogen) atoms. The number of pyridine rings is 1. The second-order valence-electron chi connectivity index (χ2n) is 4.74. The second-order valence-corrected chi connectivity index (χ2v) is 5.17. The SMILES string of the molecule is CCOC(=O)c1nc2c(cc1N)c1ccc(Cl)cc1n2C. The Bertz CT molecular complexity index is 870. The van der Waals surface area contributed by atoms with E-state index < -0.39 is 5.97 Å². The van der Waals surface area contributed by atoms with Crippen molar-refractivity contribution in [2.24, 2.45) is 7.05 Å². The molecule has 0 radical (unpaired) electrons. The summed E-state index contributed by atoms with van der Waals surface area (Å²) in [4.78, 5) is 16.3. The van der Waals surface area contributed by atoms with Gasteiger partial charge < -0.3 is 15.0 Å². The van der Waals surface area contributed by atoms with Gasteiger partial charge in [-0.25, -0.2) is 9.78 Å². The summed E-state index contributed by atoms with van der Waals surface area (Å²) in [5.74, 6) is -0.514. The number of anilines is 1. The zero-order valence-corrected chi connectivity index (χ0v) is 12.4. The fraction of sp³-hybridized carbons (Fsp3) is 0.200. The van der Waals surface area contributed by atoms with Gasteiger partial charge in [-0.15, -0.1) is 0 Å². The van der Waals surface area contributed by atoms with E-state index in [1.165, 1.54) is 0 Å². The van der Waals surface area contributed by atoms with Gasteiger partial charge in [0, 0.05) is 22.8 Å². The average Bonchev–Trinajstić information content (AvgIpc) is 2.71. The number of halogens is 1. The fourth-order valence-corrected chi connectivity index (χ4v) is 2.63. The number of benzene rings is 1. The van der Waals surface area contributed by atoms with Crippen LogP contribution >= 0.6 is 11.6 Å². The molecule has 0 aliphatic heterocycles. The lowest BCUT2D eigenvalue weighted by Crippen LogP contribution is -2.11. The highest BCUT2D eigenvalue weighted by molar-refractivity contribution is 6.31. The molecule has 0 saturated carbocycles. The van der Waals surface area contributed by atoms with Gasteiger partial charge in [-0.3, -0.25) is 0 Å². The first-order chi connectivity index (χ1) is 10.0. The number of nitrogen functional groups attached to an aromatic ring is 1. The average molecular weight is 304 g/mol. The van der Waals surface area contributed by atoms with E-state index in [0.29, 0.717) is 16.4 Å². The number of ether oxygens (including phenoxy) is 1. The van der Waals surface area contributed by atoms with Crippen LogP contribution in [0.25, 0.3) is 21.9 Å². The molecule has 0 unspecified atom stereocenters. The van der Waals surface area contributed by atoms with Gasteiger partial charge in [0.05, 0.1) is 17.8 Å². The number of nitrogens with zero attached hydrogens (tertiary/aromatic N) is 2. The Hall–Kier alpha value is -2.27. The summed E-state index contributed by atoms with van der Waals surface area (Å²) >= 11 is 6.04. The Labute approximate surface area is 126 Å². The minimum Gasteiger partial charge on any atom is -0.461 e. The maximum Gasteiger partial charge on any atom is 0.359 e. The van der Waals surface area contributed by atoms with Crippen LogP contribution in [0.15, 0.2) is 24.3 Å². The number of nitrogens with two attached hydrogens (primary N) is 1. The normalized spacial score (nSPS) is 11.2. The number of rotatable bonds is 2. The van der Waals surface area contributed by atoms with E-state index in [1.807, 2.05) is 29.8 Å². The molecular formula is C15H14ClN3O2. The number of carbonyl (C=O) groups excluding carboxylic acids is 1. The molecule has 6 heteroatoms. The van der Waals surface area contributed by atoms with Crippen molar-refractivity contribution in [3.05, 3.63) is 35.0 Å². The monoisotopic (exact) mass is 303 g/mol. The van der Waals surface area contributed by atoms with Crippen molar-refractivity contribution in [2.45, 2.75) is 6.92 Å². The van der Waals surface area contributed by atoms with Gasteiger partial charge in [0.15, 0.2) is 5.69 Å². The number of hydrogen-bond donors (Lipinski definition) is 1. The van der Waals surface area contributed by atoms with E-state index in [-0.39, 0.29) is 12.3 Å². The largest absolute Gasteiger partial charge is 0.461 e. The molecule has 2 heterocycles. The summed E-state index contributed by atoms with van der Waals surface area (Å²) < 4.78 is 6.87. The van der Waals surface area contributed by atoms with Crippen LogP contribution in [-0.2, 0) is 11.8 Å². The zero-order chi connectivity index (χ0) is 15.1. The lowest BCUT2D eigenvalue weighted by Gasteiger charge is -2.05. The van der Waals surface area contributed by atoms with Gasteiger partial charge >= 0.3 is 5.97 Å². The summed E-state index contributed by atoms with van der Waals surface area (Å²) in [7, 11) is 1.87. The maximum atomic E-state index is 11.9. The first kappa shape index (κ1) is 13.7. The summed E-state index contributed by atoms with van der Waals surface area (Å²) in [6.07, 6.45) is 0. The Morgan fingerprint density at radius 1 is 1.38 bits per heavy atom. The third-order valence-corrected chi connectivity index (χ3v) is 3.66. The molecule has 5 nitrogen and oxygen atoms in total. The molecule has 0 aliphatic carbocycles. The third kappa shape index (κ3) is 2.10. The molecule has 0 saturated heterocycles. The summed E-state index contributed by atoms with van der Waals surface area (Å²) in [6.45, 7) is 2.02. The van der Waals surface area contributed by atoms with Gasteiger partial charge in [-0.1, -0.05) is 17.7 Å². The number of hydrogen-bond acceptors (Lipinski definition) is 4. The van der Waals surface area contributed by atoms with Crippen molar-refractivity contribution in [2.75, 3.05) is 12.3 Å². The van der Waals surface area contributed by atoms with Crippen molar-refractivity contribution in [1.29, 1.82) is 0 Å². The van der Waals surface area contributed by atoms with Crippen LogP contribution in [-0.4, -0.2) is 22.1 Å². The van der Waals surface area contributed by atoms with E-state index >= 15 is 0 Å². The summed E-state index contributed by atoms with van der Waals surface area (Å²) in [5, 5.41) is 2.52. The van der Waals surface area contributed by atoms with Gasteiger partial charge in [-0.05, 0) is 25.1 Å². The van der Waals surface area contributed by atoms with E-state index in [4.69, 9.17) is 22.1 Å². The zero-order valence-electron chi connectivity index (χ0n) is 11.7. The highest BCUT2D eigenvalue weighted by Crippen LogP contribution is 2.31. The van der Waals surface area contributed by atoms with Crippen LogP contribution < -0.4 is 5.73 Å². The molecule has 0 amide bonds. The minimum atomic E-state index is -0.514. The molecule has 0 bridgehead atoms. The van der Waals surface area contributed by atoms with Crippen molar-refractivity contribution < 1.29 is 9.53 Å². The van der Waals surface area contributed by atoms with Crippen LogP contribution in [0.3, 0.4) is 0 Å². The number of carbonyl (C=O) groups is 1. The molecule has 1 aromatic carbocycles. The van der Waals surface area contributed by atoms with E-state index in [9.17, 15) is 4.79 Å². The number of esters is 1. The van der Waals surface area contributed by atoms with Crippen molar-refractivity contribution in [3.63, 3.8) is 0 Å². The molecule has 0 fully saturated rings. The van der Waals surface area contributed by atoms with E-state index in [1.54, 1.807) is 13.0 Å². The molecule has 108 valence electrons. The van der Waals surface area contributed by atoms with Crippen molar-refractivity contribution in [3.8, 4) is 0 Å². The molecule has 3 rings (SSSR count). The van der Waals surface area contributed by atoms with Crippen molar-refractivity contribution >= 4 is 45.2 Å². The molecule has 2 N–H and O–H groups in total. The third-order valence-electron chi connectivity index (χ3n) is 3.43. The Kier molecular flexibility index (Phi) is 3.22. The van der Waals surface area contributed by atoms with Gasteiger partial charge in [0.1, 0.15) is 5.65 Å². The van der Waals surface area contributed by atoms with Crippen molar-refractivity contribution in [1.82, 2.24) is 9.55 Å². The van der Waals surface area contributed by atoms with Crippen LogP contribution in [0.5, 0.6) is 0 Å². The van der Waals surface area contributed by atoms with Gasteiger partial charge in [0.2, 0.25) is 0 Å². The topological polar surface area (TPSA) is 70.1 Å². The summed E-state index contributed by atoms with van der Waals surface area (Å²) in [5.41, 5.74) is 8.00. The maximum absolute atomic E-state index is 11.9. The molecule has 2 aromatic heterocycles. The predicted octanol–water partition coefficient (Wildman–Crippen LogP) is 3.14. The minimum absolute atomic E-state index is 0.140. The highest BCUT2D eigenvalue weighted by atomic mass is 35.5. The molecule has 0 atom stereocenters. The molecule has 0 spiro atoms. The van der Waals surface area contributed by atoms with E-state index in [2.05, 4.69) is 4.98 Å². The van der Waals surface area contributed by atoms with Crippen LogP contribution in [0, 0.1) is 0 Å². The quantitative estimate of drug-likeness (QED) is 0.738. The lowest BCUT2D eigenvalue weighted by molar-refractivity contribution is 0.0521. The molecule has 0 aliphatic rings. The standard InChI is InChI=1S/C15H14ClN3O2/c1-3-21-15(20)13-11(17)7-10-9-5-4-8(16)6-12(9)19(2)14(10)18-13/h4-7H,3,17H2,1-2H3.